The monoisotopic (exact) mass is 542 g/mol. The number of hydrogen-bond donors (Lipinski definition) is 1. The van der Waals surface area contributed by atoms with Crippen molar-refractivity contribution < 1.29 is 42.2 Å². The zero-order valence-electron chi connectivity index (χ0n) is 21.8. The van der Waals surface area contributed by atoms with Crippen LogP contribution in [0.25, 0.3) is 0 Å². The van der Waals surface area contributed by atoms with Crippen molar-refractivity contribution >= 4 is 29.8 Å². The smallest absolute Gasteiger partial charge is 0.421 e. The van der Waals surface area contributed by atoms with Gasteiger partial charge >= 0.3 is 18.2 Å². The molecule has 1 aliphatic heterocycles. The minimum absolute atomic E-state index is 0.0454. The number of halogens is 2. The Morgan fingerprint density at radius 2 is 1.77 bits per heavy atom. The lowest BCUT2D eigenvalue weighted by Crippen LogP contribution is -2.62. The molecule has 39 heavy (non-hydrogen) atoms. The molecule has 4 rings (SSSR count). The lowest BCUT2D eigenvalue weighted by Gasteiger charge is -2.42. The fraction of sp³-hybridized carbons (Fsp3) is 0.357. The van der Waals surface area contributed by atoms with Crippen molar-refractivity contribution in [3.63, 3.8) is 0 Å². The van der Waals surface area contributed by atoms with Crippen LogP contribution in [-0.4, -0.2) is 42.8 Å². The van der Waals surface area contributed by atoms with Gasteiger partial charge in [0.15, 0.2) is 11.6 Å². The number of rotatable bonds is 4. The first-order chi connectivity index (χ1) is 18.4. The molecule has 0 bridgehead atoms. The molecule has 0 unspecified atom stereocenters. The molecule has 9 nitrogen and oxygen atoms in total. The molecule has 1 spiro atoms. The van der Waals surface area contributed by atoms with E-state index in [0.29, 0.717) is 16.5 Å². The molecule has 2 aromatic rings. The Hall–Kier alpha value is -4.28. The summed E-state index contributed by atoms with van der Waals surface area (Å²) in [5.41, 5.74) is -2.90. The van der Waals surface area contributed by atoms with E-state index in [0.717, 1.165) is 13.2 Å². The Kier molecular flexibility index (Phi) is 7.45. The van der Waals surface area contributed by atoms with E-state index in [2.05, 4.69) is 5.32 Å². The Morgan fingerprint density at radius 1 is 1.10 bits per heavy atom. The molecule has 0 saturated heterocycles. The van der Waals surface area contributed by atoms with Gasteiger partial charge in [-0.25, -0.2) is 23.3 Å². The highest BCUT2D eigenvalue weighted by molar-refractivity contribution is 6.23. The number of carbonyl (C=O) groups is 4. The van der Waals surface area contributed by atoms with Gasteiger partial charge in [0.05, 0.1) is 24.8 Å². The molecule has 206 valence electrons. The predicted octanol–water partition coefficient (Wildman–Crippen LogP) is 4.53. The van der Waals surface area contributed by atoms with Crippen LogP contribution in [0, 0.1) is 17.6 Å². The number of imide groups is 1. The molecule has 0 fully saturated rings. The van der Waals surface area contributed by atoms with Gasteiger partial charge in [-0.2, -0.15) is 0 Å². The number of carbonyl (C=O) groups excluding carboxylic acids is 4. The first kappa shape index (κ1) is 27.7. The Labute approximate surface area is 223 Å². The maximum Gasteiger partial charge on any atom is 0.421 e. The van der Waals surface area contributed by atoms with Crippen LogP contribution in [0.2, 0.25) is 0 Å². The van der Waals surface area contributed by atoms with E-state index in [9.17, 15) is 28.0 Å². The van der Waals surface area contributed by atoms with Crippen molar-refractivity contribution in [2.75, 3.05) is 12.0 Å². The van der Waals surface area contributed by atoms with E-state index in [1.807, 2.05) is 0 Å². The van der Waals surface area contributed by atoms with Crippen LogP contribution in [0.15, 0.2) is 54.6 Å². The lowest BCUT2D eigenvalue weighted by atomic mass is 9.62. The number of esters is 1. The highest BCUT2D eigenvalue weighted by Crippen LogP contribution is 2.53. The number of nitrogens with one attached hydrogen (secondary N) is 1. The Bertz CT molecular complexity index is 1340. The third-order valence-electron chi connectivity index (χ3n) is 6.57. The van der Waals surface area contributed by atoms with E-state index in [1.165, 1.54) is 6.08 Å². The lowest BCUT2D eigenvalue weighted by molar-refractivity contribution is -0.151. The second-order valence-corrected chi connectivity index (χ2v) is 10.2. The summed E-state index contributed by atoms with van der Waals surface area (Å²) < 4.78 is 44.8. The third kappa shape index (κ3) is 5.08. The summed E-state index contributed by atoms with van der Waals surface area (Å²) in [6.07, 6.45) is 0.866. The van der Waals surface area contributed by atoms with Crippen molar-refractivity contribution in [1.82, 2.24) is 5.32 Å². The molecule has 1 heterocycles. The molecule has 2 aromatic carbocycles. The van der Waals surface area contributed by atoms with Crippen LogP contribution >= 0.6 is 0 Å². The van der Waals surface area contributed by atoms with Crippen molar-refractivity contribution in [3.8, 4) is 0 Å². The average molecular weight is 543 g/mol. The zero-order chi connectivity index (χ0) is 28.5. The molecular formula is C28H28F2N2O7. The Balaban J connectivity index is 1.82. The van der Waals surface area contributed by atoms with Crippen LogP contribution in [0.3, 0.4) is 0 Å². The van der Waals surface area contributed by atoms with Crippen molar-refractivity contribution in [1.29, 1.82) is 0 Å². The molecule has 0 saturated carbocycles. The summed E-state index contributed by atoms with van der Waals surface area (Å²) in [7, 11) is 1.11. The number of benzene rings is 2. The molecule has 1 N–H and O–H groups in total. The normalized spacial score (nSPS) is 21.9. The number of ether oxygens (including phenoxy) is 3. The number of amides is 3. The molecular weight excluding hydrogens is 514 g/mol. The maximum absolute atomic E-state index is 14.7. The van der Waals surface area contributed by atoms with E-state index in [1.54, 1.807) is 57.2 Å². The first-order valence-corrected chi connectivity index (χ1v) is 12.2. The summed E-state index contributed by atoms with van der Waals surface area (Å²) in [6.45, 7) is 4.62. The van der Waals surface area contributed by atoms with E-state index < -0.39 is 58.7 Å². The summed E-state index contributed by atoms with van der Waals surface area (Å²) in [5, 5.41) is 2.57. The molecule has 1 aliphatic carbocycles. The minimum atomic E-state index is -2.08. The summed E-state index contributed by atoms with van der Waals surface area (Å²) in [5.74, 6) is -5.80. The molecule has 11 heteroatoms. The van der Waals surface area contributed by atoms with E-state index in [4.69, 9.17) is 14.2 Å². The summed E-state index contributed by atoms with van der Waals surface area (Å²) in [6, 6.07) is 8.97. The number of fused-ring (bicyclic) bond motifs is 2. The molecule has 0 aromatic heterocycles. The highest BCUT2D eigenvalue weighted by atomic mass is 19.2. The van der Waals surface area contributed by atoms with Crippen LogP contribution in [0.1, 0.15) is 38.3 Å². The van der Waals surface area contributed by atoms with E-state index in [-0.39, 0.29) is 24.3 Å². The standard InChI is InChI=1S/C28H28F2N2O7/c1-27(2,3)39-26(36)32-21-14-20(30)19(29)13-18(21)28(24(32)34)17(23(33)37-4)11-8-12-22(28)31-25(35)38-15-16-9-6-5-7-10-16/h5-10,12-14,17,22H,11,15H2,1-4H3,(H,31,35)/t17-,22+,28+/m0/s1. The Morgan fingerprint density at radius 3 is 2.41 bits per heavy atom. The van der Waals surface area contributed by atoms with Gasteiger partial charge in [-0.1, -0.05) is 42.5 Å². The van der Waals surface area contributed by atoms with Crippen molar-refractivity contribution in [2.24, 2.45) is 5.92 Å². The number of nitrogens with zero attached hydrogens (tertiary/aromatic N) is 1. The third-order valence-corrected chi connectivity index (χ3v) is 6.57. The van der Waals surface area contributed by atoms with Gasteiger partial charge in [0.2, 0.25) is 0 Å². The predicted molar refractivity (Wildman–Crippen MR) is 135 cm³/mol. The van der Waals surface area contributed by atoms with Gasteiger partial charge < -0.3 is 19.5 Å². The number of allylic oxidation sites excluding steroid dienone is 1. The fourth-order valence-electron chi connectivity index (χ4n) is 4.97. The molecule has 2 aliphatic rings. The first-order valence-electron chi connectivity index (χ1n) is 12.2. The SMILES string of the molecule is COC(=O)[C@@H]1CC=C[C@@H](NC(=O)OCc2ccccc2)[C@@]12C(=O)N(C(=O)OC(C)(C)C)c1cc(F)c(F)cc12. The summed E-state index contributed by atoms with van der Waals surface area (Å²) in [4.78, 5) is 53.9. The van der Waals surface area contributed by atoms with Crippen LogP contribution in [0.4, 0.5) is 24.1 Å². The zero-order valence-corrected chi connectivity index (χ0v) is 21.8. The largest absolute Gasteiger partial charge is 0.469 e. The van der Waals surface area contributed by atoms with Gasteiger partial charge in [-0.3, -0.25) is 9.59 Å². The maximum atomic E-state index is 14.7. The number of alkyl carbamates (subject to hydrolysis) is 1. The van der Waals surface area contributed by atoms with Crippen molar-refractivity contribution in [3.05, 3.63) is 77.4 Å². The van der Waals surface area contributed by atoms with Crippen LogP contribution in [0.5, 0.6) is 0 Å². The summed E-state index contributed by atoms with van der Waals surface area (Å²) >= 11 is 0. The average Bonchev–Trinajstić information content (AvgIpc) is 3.11. The number of hydrogen-bond acceptors (Lipinski definition) is 7. The van der Waals surface area contributed by atoms with Gasteiger partial charge in [0.25, 0.3) is 5.91 Å². The second kappa shape index (κ2) is 10.5. The van der Waals surface area contributed by atoms with Crippen LogP contribution < -0.4 is 10.2 Å². The van der Waals surface area contributed by atoms with Crippen molar-refractivity contribution in [2.45, 2.75) is 50.9 Å². The van der Waals surface area contributed by atoms with Gasteiger partial charge in [-0.15, -0.1) is 0 Å². The molecule has 3 amide bonds. The highest BCUT2D eigenvalue weighted by Gasteiger charge is 2.65. The van der Waals surface area contributed by atoms with Gasteiger partial charge in [0.1, 0.15) is 17.6 Å². The topological polar surface area (TPSA) is 111 Å². The molecule has 0 radical (unpaired) electrons. The quantitative estimate of drug-likeness (QED) is 0.343. The van der Waals surface area contributed by atoms with E-state index >= 15 is 0 Å². The van der Waals surface area contributed by atoms with Gasteiger partial charge in [-0.05, 0) is 44.4 Å². The second-order valence-electron chi connectivity index (χ2n) is 10.2. The fourth-order valence-corrected chi connectivity index (χ4v) is 4.97. The number of anilines is 1. The number of methoxy groups -OCH3 is 1. The molecule has 3 atom stereocenters. The van der Waals surface area contributed by atoms with Crippen LogP contribution in [-0.2, 0) is 35.8 Å². The minimum Gasteiger partial charge on any atom is -0.469 e. The van der Waals surface area contributed by atoms with Gasteiger partial charge in [0, 0.05) is 6.07 Å².